The Balaban J connectivity index is 2.35. The summed E-state index contributed by atoms with van der Waals surface area (Å²) in [5.74, 6) is 0.284. The number of rotatable bonds is 15. The van der Waals surface area contributed by atoms with E-state index in [-0.39, 0.29) is 23.9 Å². The maximum Gasteiger partial charge on any atom is 0.309 e. The van der Waals surface area contributed by atoms with E-state index in [1.165, 1.54) is 38.5 Å². The molecule has 1 N–H and O–H groups in total. The van der Waals surface area contributed by atoms with Crippen LogP contribution in [0.4, 0.5) is 0 Å². The molecule has 0 bridgehead atoms. The van der Waals surface area contributed by atoms with Crippen molar-refractivity contribution in [2.45, 2.75) is 124 Å². The summed E-state index contributed by atoms with van der Waals surface area (Å²) in [7, 11) is 0. The highest BCUT2D eigenvalue weighted by atomic mass is 16.5. The van der Waals surface area contributed by atoms with E-state index < -0.39 is 5.97 Å². The molecule has 1 unspecified atom stereocenters. The van der Waals surface area contributed by atoms with Gasteiger partial charge in [0.1, 0.15) is 6.10 Å². The van der Waals surface area contributed by atoms with Crippen molar-refractivity contribution < 1.29 is 19.4 Å². The summed E-state index contributed by atoms with van der Waals surface area (Å²) in [6.45, 7) is 9.03. The van der Waals surface area contributed by atoms with Gasteiger partial charge in [0, 0.05) is 0 Å². The van der Waals surface area contributed by atoms with E-state index in [0.717, 1.165) is 31.6 Å². The van der Waals surface area contributed by atoms with E-state index in [4.69, 9.17) is 9.84 Å². The summed E-state index contributed by atoms with van der Waals surface area (Å²) in [5.41, 5.74) is 0. The Bertz CT molecular complexity index is 450. The lowest BCUT2D eigenvalue weighted by Gasteiger charge is -2.27. The molecule has 29 heavy (non-hydrogen) atoms. The number of hydrogen-bond acceptors (Lipinski definition) is 3. The molecule has 0 radical (unpaired) electrons. The number of carboxylic acid groups (broad SMARTS) is 1. The highest BCUT2D eigenvalue weighted by Gasteiger charge is 2.31. The minimum atomic E-state index is -0.725. The second-order valence-corrected chi connectivity index (χ2v) is 10.0. The molecule has 4 heteroatoms. The van der Waals surface area contributed by atoms with Gasteiger partial charge in [-0.15, -0.1) is 0 Å². The fraction of sp³-hybridized carbons (Fsp3) is 0.920. The number of carbonyl (C=O) groups excluding carboxylic acids is 1. The molecule has 1 aliphatic carbocycles. The second kappa shape index (κ2) is 14.8. The molecule has 0 spiro atoms. The average Bonchev–Trinajstić information content (AvgIpc) is 2.66. The number of carboxylic acids is 1. The standard InChI is InChI=1S/C25H46O4/c1-19(2)11-8-6-5-7-9-13-23(14-10-12-20(3)4)29-25(28)22-17-15-21(16-18-22)24(26)27/h19-23H,5-18H2,1-4H3,(H,26,27). The zero-order chi connectivity index (χ0) is 21.6. The smallest absolute Gasteiger partial charge is 0.309 e. The van der Waals surface area contributed by atoms with Gasteiger partial charge in [0.25, 0.3) is 0 Å². The molecule has 1 aliphatic rings. The summed E-state index contributed by atoms with van der Waals surface area (Å²) < 4.78 is 5.94. The van der Waals surface area contributed by atoms with E-state index in [0.29, 0.717) is 31.6 Å². The Morgan fingerprint density at radius 3 is 1.72 bits per heavy atom. The fourth-order valence-electron chi connectivity index (χ4n) is 4.31. The molecular formula is C25H46O4. The number of aliphatic carboxylic acids is 1. The third-order valence-electron chi connectivity index (χ3n) is 6.31. The lowest BCUT2D eigenvalue weighted by molar-refractivity contribution is -0.158. The molecule has 4 nitrogen and oxygen atoms in total. The topological polar surface area (TPSA) is 63.6 Å². The second-order valence-electron chi connectivity index (χ2n) is 10.0. The minimum absolute atomic E-state index is 0.0362. The summed E-state index contributed by atoms with van der Waals surface area (Å²) in [5, 5.41) is 9.14. The van der Waals surface area contributed by atoms with E-state index in [1.807, 2.05) is 0 Å². The van der Waals surface area contributed by atoms with Gasteiger partial charge >= 0.3 is 11.9 Å². The third-order valence-corrected chi connectivity index (χ3v) is 6.31. The Kier molecular flexibility index (Phi) is 13.3. The van der Waals surface area contributed by atoms with Gasteiger partial charge in [-0.25, -0.2) is 0 Å². The highest BCUT2D eigenvalue weighted by Crippen LogP contribution is 2.30. The molecule has 170 valence electrons. The highest BCUT2D eigenvalue weighted by molar-refractivity contribution is 5.74. The molecule has 1 atom stereocenters. The lowest BCUT2D eigenvalue weighted by Crippen LogP contribution is -2.29. The number of unbranched alkanes of at least 4 members (excludes halogenated alkanes) is 4. The van der Waals surface area contributed by atoms with Crippen LogP contribution in [0.5, 0.6) is 0 Å². The first kappa shape index (κ1) is 26.0. The van der Waals surface area contributed by atoms with Gasteiger partial charge in [-0.2, -0.15) is 0 Å². The molecular weight excluding hydrogens is 364 g/mol. The quantitative estimate of drug-likeness (QED) is 0.233. The van der Waals surface area contributed by atoms with Crippen molar-refractivity contribution in [2.24, 2.45) is 23.7 Å². The first-order chi connectivity index (χ1) is 13.8. The number of esters is 1. The summed E-state index contributed by atoms with van der Waals surface area (Å²) in [6, 6.07) is 0. The minimum Gasteiger partial charge on any atom is -0.481 e. The monoisotopic (exact) mass is 410 g/mol. The van der Waals surface area contributed by atoms with Crippen LogP contribution in [0.15, 0.2) is 0 Å². The van der Waals surface area contributed by atoms with Crippen molar-refractivity contribution in [1.82, 2.24) is 0 Å². The van der Waals surface area contributed by atoms with Gasteiger partial charge in [-0.05, 0) is 63.2 Å². The average molecular weight is 411 g/mol. The number of ether oxygens (including phenoxy) is 1. The van der Waals surface area contributed by atoms with Gasteiger partial charge in [0.2, 0.25) is 0 Å². The molecule has 0 aliphatic heterocycles. The lowest BCUT2D eigenvalue weighted by atomic mass is 9.82. The van der Waals surface area contributed by atoms with Crippen molar-refractivity contribution in [1.29, 1.82) is 0 Å². The third kappa shape index (κ3) is 12.3. The van der Waals surface area contributed by atoms with Crippen LogP contribution in [0.2, 0.25) is 0 Å². The molecule has 1 fully saturated rings. The Morgan fingerprint density at radius 2 is 1.17 bits per heavy atom. The van der Waals surface area contributed by atoms with Gasteiger partial charge in [0.15, 0.2) is 0 Å². The van der Waals surface area contributed by atoms with Crippen molar-refractivity contribution in [2.75, 3.05) is 0 Å². The zero-order valence-electron chi connectivity index (χ0n) is 19.5. The van der Waals surface area contributed by atoms with Crippen molar-refractivity contribution in [3.05, 3.63) is 0 Å². The van der Waals surface area contributed by atoms with Crippen molar-refractivity contribution >= 4 is 11.9 Å². The van der Waals surface area contributed by atoms with Crippen molar-refractivity contribution in [3.8, 4) is 0 Å². The Labute approximate surface area is 179 Å². The van der Waals surface area contributed by atoms with E-state index in [9.17, 15) is 9.59 Å². The van der Waals surface area contributed by atoms with Gasteiger partial charge < -0.3 is 9.84 Å². The summed E-state index contributed by atoms with van der Waals surface area (Å²) in [4.78, 5) is 23.8. The van der Waals surface area contributed by atoms with Crippen LogP contribution in [0, 0.1) is 23.7 Å². The van der Waals surface area contributed by atoms with Crippen LogP contribution in [-0.4, -0.2) is 23.1 Å². The number of hydrogen-bond donors (Lipinski definition) is 1. The van der Waals surface area contributed by atoms with Crippen molar-refractivity contribution in [3.63, 3.8) is 0 Å². The molecule has 0 aromatic rings. The first-order valence-corrected chi connectivity index (χ1v) is 12.2. The predicted molar refractivity (Wildman–Crippen MR) is 119 cm³/mol. The van der Waals surface area contributed by atoms with Crippen LogP contribution in [0.25, 0.3) is 0 Å². The van der Waals surface area contributed by atoms with Gasteiger partial charge in [-0.3, -0.25) is 9.59 Å². The largest absolute Gasteiger partial charge is 0.481 e. The van der Waals surface area contributed by atoms with E-state index in [1.54, 1.807) is 0 Å². The molecule has 0 aromatic heterocycles. The molecule has 0 saturated heterocycles. The molecule has 0 amide bonds. The SMILES string of the molecule is CC(C)CCCCCCCC(CCCC(C)C)OC(=O)C1CCC(C(=O)O)CC1. The fourth-order valence-corrected chi connectivity index (χ4v) is 4.31. The summed E-state index contributed by atoms with van der Waals surface area (Å²) >= 11 is 0. The van der Waals surface area contributed by atoms with Crippen LogP contribution >= 0.6 is 0 Å². The molecule has 0 aromatic carbocycles. The van der Waals surface area contributed by atoms with Crippen LogP contribution in [0.1, 0.15) is 118 Å². The Morgan fingerprint density at radius 1 is 0.724 bits per heavy atom. The zero-order valence-corrected chi connectivity index (χ0v) is 19.5. The predicted octanol–water partition coefficient (Wildman–Crippen LogP) is 7.00. The van der Waals surface area contributed by atoms with Crippen LogP contribution in [0.3, 0.4) is 0 Å². The number of carbonyl (C=O) groups is 2. The van der Waals surface area contributed by atoms with E-state index >= 15 is 0 Å². The normalized spacial score (nSPS) is 20.8. The van der Waals surface area contributed by atoms with Gasteiger partial charge in [0.05, 0.1) is 11.8 Å². The van der Waals surface area contributed by atoms with E-state index in [2.05, 4.69) is 27.7 Å². The van der Waals surface area contributed by atoms with Crippen LogP contribution < -0.4 is 0 Å². The van der Waals surface area contributed by atoms with Crippen LogP contribution in [-0.2, 0) is 14.3 Å². The first-order valence-electron chi connectivity index (χ1n) is 12.2. The molecule has 1 rings (SSSR count). The maximum atomic E-state index is 12.7. The summed E-state index contributed by atoms with van der Waals surface area (Å²) in [6.07, 6.45) is 14.3. The molecule has 0 heterocycles. The Hall–Kier alpha value is -1.06. The molecule has 1 saturated carbocycles. The van der Waals surface area contributed by atoms with Gasteiger partial charge in [-0.1, -0.05) is 66.2 Å². The maximum absolute atomic E-state index is 12.7.